The second-order valence-corrected chi connectivity index (χ2v) is 8.07. The lowest BCUT2D eigenvalue weighted by atomic mass is 9.87. The molecule has 0 saturated heterocycles. The maximum absolute atomic E-state index is 11.7. The first kappa shape index (κ1) is 21.9. The average molecular weight is 330 g/mol. The first-order valence-electron chi connectivity index (χ1n) is 6.49. The van der Waals surface area contributed by atoms with Crippen molar-refractivity contribution in [3.05, 3.63) is 0 Å². The van der Waals surface area contributed by atoms with E-state index in [1.165, 1.54) is 4.31 Å². The van der Waals surface area contributed by atoms with Crippen LogP contribution in [0.2, 0.25) is 0 Å². The van der Waals surface area contributed by atoms with E-state index in [0.29, 0.717) is 19.5 Å². The third-order valence-corrected chi connectivity index (χ3v) is 4.87. The van der Waals surface area contributed by atoms with Crippen LogP contribution in [-0.2, 0) is 14.8 Å². The quantitative estimate of drug-likeness (QED) is 0.668. The molecule has 1 amide bonds. The third kappa shape index (κ3) is 7.42. The summed E-state index contributed by atoms with van der Waals surface area (Å²) in [5.74, 6) is -0.112. The van der Waals surface area contributed by atoms with E-state index in [-0.39, 0.29) is 29.5 Å². The lowest BCUT2D eigenvalue weighted by molar-refractivity contribution is -0.124. The SMILES string of the molecule is CCS(=O)(=O)N(C)CCCNC(=O)[C@@H](N)C(C)(C)C.Cl. The topological polar surface area (TPSA) is 92.5 Å². The largest absolute Gasteiger partial charge is 0.355 e. The van der Waals surface area contributed by atoms with E-state index in [1.54, 1.807) is 14.0 Å². The van der Waals surface area contributed by atoms with Gasteiger partial charge in [0.1, 0.15) is 0 Å². The molecule has 6 nitrogen and oxygen atoms in total. The fourth-order valence-corrected chi connectivity index (χ4v) is 2.22. The number of hydrogen-bond acceptors (Lipinski definition) is 4. The number of sulfonamides is 1. The number of hydrogen-bond donors (Lipinski definition) is 2. The van der Waals surface area contributed by atoms with Crippen molar-refractivity contribution in [3.63, 3.8) is 0 Å². The van der Waals surface area contributed by atoms with Crippen LogP contribution in [0.15, 0.2) is 0 Å². The summed E-state index contributed by atoms with van der Waals surface area (Å²) >= 11 is 0. The Kier molecular flexibility index (Phi) is 9.66. The molecular weight excluding hydrogens is 302 g/mol. The van der Waals surface area contributed by atoms with Gasteiger partial charge in [-0.25, -0.2) is 12.7 Å². The van der Waals surface area contributed by atoms with Crippen LogP contribution in [0.3, 0.4) is 0 Å². The van der Waals surface area contributed by atoms with Crippen molar-refractivity contribution in [1.29, 1.82) is 0 Å². The lowest BCUT2D eigenvalue weighted by Crippen LogP contribution is -2.49. The van der Waals surface area contributed by atoms with E-state index in [2.05, 4.69) is 5.32 Å². The van der Waals surface area contributed by atoms with Gasteiger partial charge in [0.05, 0.1) is 11.8 Å². The number of nitrogens with zero attached hydrogens (tertiary/aromatic N) is 1. The van der Waals surface area contributed by atoms with Crippen LogP contribution in [0, 0.1) is 5.41 Å². The van der Waals surface area contributed by atoms with Crippen LogP contribution in [0.25, 0.3) is 0 Å². The van der Waals surface area contributed by atoms with Gasteiger partial charge >= 0.3 is 0 Å². The van der Waals surface area contributed by atoms with Crippen LogP contribution in [-0.4, -0.2) is 50.6 Å². The molecule has 0 aromatic heterocycles. The Labute approximate surface area is 128 Å². The first-order valence-corrected chi connectivity index (χ1v) is 8.10. The van der Waals surface area contributed by atoms with Gasteiger partial charge in [-0.15, -0.1) is 12.4 Å². The van der Waals surface area contributed by atoms with Crippen molar-refractivity contribution in [2.24, 2.45) is 11.1 Å². The minimum atomic E-state index is -3.14. The van der Waals surface area contributed by atoms with Crippen LogP contribution in [0.4, 0.5) is 0 Å². The Hall–Kier alpha value is -0.370. The minimum absolute atomic E-state index is 0. The van der Waals surface area contributed by atoms with Gasteiger partial charge in [-0.2, -0.15) is 0 Å². The van der Waals surface area contributed by atoms with E-state index in [4.69, 9.17) is 5.73 Å². The van der Waals surface area contributed by atoms with Crippen LogP contribution in [0.1, 0.15) is 34.1 Å². The summed E-state index contributed by atoms with van der Waals surface area (Å²) in [6, 6.07) is -0.565. The highest BCUT2D eigenvalue weighted by Gasteiger charge is 2.27. The first-order chi connectivity index (χ1) is 8.52. The molecule has 0 saturated carbocycles. The maximum Gasteiger partial charge on any atom is 0.237 e. The fraction of sp³-hybridized carbons (Fsp3) is 0.917. The van der Waals surface area contributed by atoms with E-state index in [9.17, 15) is 13.2 Å². The number of carbonyl (C=O) groups is 1. The standard InChI is InChI=1S/C12H27N3O3S.ClH/c1-6-19(17,18)15(5)9-7-8-14-11(16)10(13)12(2,3)4;/h10H,6-9,13H2,1-5H3,(H,14,16);1H/t10-;/m1./s1. The molecule has 0 fully saturated rings. The Morgan fingerprint density at radius 3 is 2.25 bits per heavy atom. The minimum Gasteiger partial charge on any atom is -0.355 e. The molecule has 0 spiro atoms. The van der Waals surface area contributed by atoms with Crippen LogP contribution in [0.5, 0.6) is 0 Å². The van der Waals surface area contributed by atoms with E-state index in [1.807, 2.05) is 20.8 Å². The van der Waals surface area contributed by atoms with Gasteiger partial charge in [0.25, 0.3) is 0 Å². The summed E-state index contributed by atoms with van der Waals surface area (Å²) in [4.78, 5) is 11.7. The molecule has 0 aliphatic carbocycles. The number of carbonyl (C=O) groups excluding carboxylic acids is 1. The summed E-state index contributed by atoms with van der Waals surface area (Å²) in [6.07, 6.45) is 0.568. The molecule has 0 aromatic carbocycles. The Morgan fingerprint density at radius 2 is 1.85 bits per heavy atom. The maximum atomic E-state index is 11.7. The Balaban J connectivity index is 0. The average Bonchev–Trinajstić information content (AvgIpc) is 2.31. The summed E-state index contributed by atoms with van der Waals surface area (Å²) in [7, 11) is -1.60. The van der Waals surface area contributed by atoms with Gasteiger partial charge in [-0.05, 0) is 18.8 Å². The van der Waals surface area contributed by atoms with E-state index >= 15 is 0 Å². The van der Waals surface area contributed by atoms with Crippen molar-refractivity contribution >= 4 is 28.3 Å². The predicted octanol–water partition coefficient (Wildman–Crippen LogP) is 0.569. The van der Waals surface area contributed by atoms with Crippen molar-refractivity contribution in [3.8, 4) is 0 Å². The zero-order valence-corrected chi connectivity index (χ0v) is 14.6. The second kappa shape index (κ2) is 8.81. The van der Waals surface area contributed by atoms with Crippen molar-refractivity contribution < 1.29 is 13.2 Å². The molecule has 0 unspecified atom stereocenters. The number of amides is 1. The van der Waals surface area contributed by atoms with Crippen molar-refractivity contribution in [2.75, 3.05) is 25.9 Å². The second-order valence-electron chi connectivity index (χ2n) is 5.71. The molecule has 0 rings (SSSR count). The summed E-state index contributed by atoms with van der Waals surface area (Å²) in [6.45, 7) is 8.12. The van der Waals surface area contributed by atoms with E-state index < -0.39 is 16.1 Å². The molecule has 0 bridgehead atoms. The zero-order chi connectivity index (χ0) is 15.3. The highest BCUT2D eigenvalue weighted by atomic mass is 35.5. The summed E-state index contributed by atoms with van der Waals surface area (Å²) in [5, 5.41) is 2.73. The molecule has 20 heavy (non-hydrogen) atoms. The smallest absolute Gasteiger partial charge is 0.237 e. The fourth-order valence-electron chi connectivity index (χ4n) is 1.38. The Bertz CT molecular complexity index is 393. The van der Waals surface area contributed by atoms with Gasteiger partial charge < -0.3 is 11.1 Å². The molecule has 0 heterocycles. The van der Waals surface area contributed by atoms with Gasteiger partial charge in [-0.1, -0.05) is 20.8 Å². The zero-order valence-electron chi connectivity index (χ0n) is 13.0. The summed E-state index contributed by atoms with van der Waals surface area (Å²) < 4.78 is 24.3. The van der Waals surface area contributed by atoms with Gasteiger partial charge in [0, 0.05) is 20.1 Å². The molecule has 1 atom stereocenters. The molecule has 0 aliphatic rings. The van der Waals surface area contributed by atoms with Gasteiger partial charge in [0.2, 0.25) is 15.9 Å². The third-order valence-electron chi connectivity index (χ3n) is 3.00. The number of nitrogens with two attached hydrogens (primary N) is 1. The molecular formula is C12H28ClN3O3S. The molecule has 0 aliphatic heterocycles. The number of rotatable bonds is 7. The normalized spacial score (nSPS) is 13.8. The van der Waals surface area contributed by atoms with Gasteiger partial charge in [-0.3, -0.25) is 4.79 Å². The predicted molar refractivity (Wildman–Crippen MR) is 84.4 cm³/mol. The summed E-state index contributed by atoms with van der Waals surface area (Å²) in [5.41, 5.74) is 5.52. The molecule has 0 radical (unpaired) electrons. The molecule has 3 N–H and O–H groups in total. The molecule has 8 heteroatoms. The molecule has 122 valence electrons. The van der Waals surface area contributed by atoms with Crippen LogP contribution < -0.4 is 11.1 Å². The molecule has 0 aromatic rings. The monoisotopic (exact) mass is 329 g/mol. The number of halogens is 1. The van der Waals surface area contributed by atoms with Gasteiger partial charge in [0.15, 0.2) is 0 Å². The van der Waals surface area contributed by atoms with Crippen molar-refractivity contribution in [1.82, 2.24) is 9.62 Å². The Morgan fingerprint density at radius 1 is 1.35 bits per heavy atom. The van der Waals surface area contributed by atoms with Crippen LogP contribution >= 0.6 is 12.4 Å². The van der Waals surface area contributed by atoms with Crippen molar-refractivity contribution in [2.45, 2.75) is 40.2 Å². The lowest BCUT2D eigenvalue weighted by Gasteiger charge is -2.26. The number of nitrogens with one attached hydrogen (secondary N) is 1. The van der Waals surface area contributed by atoms with E-state index in [0.717, 1.165) is 0 Å². The highest BCUT2D eigenvalue weighted by Crippen LogP contribution is 2.16. The highest BCUT2D eigenvalue weighted by molar-refractivity contribution is 7.89.